The van der Waals surface area contributed by atoms with Gasteiger partial charge in [-0.25, -0.2) is 4.98 Å². The molecule has 5 nitrogen and oxygen atoms in total. The standard InChI is InChI=1S/C20H20N4O/c21-12-14-8-9-17-18(11-14)24(20(25)15-5-2-1-3-6-15)13-16-7-4-10-22-19(16)23-17/h4,7-11,15H,1-3,5-6,13H2,(H,22,23). The van der Waals surface area contributed by atoms with Crippen molar-refractivity contribution in [2.75, 3.05) is 10.2 Å². The maximum absolute atomic E-state index is 13.3. The van der Waals surface area contributed by atoms with Crippen molar-refractivity contribution < 1.29 is 4.79 Å². The molecule has 0 radical (unpaired) electrons. The minimum Gasteiger partial charge on any atom is -0.338 e. The van der Waals surface area contributed by atoms with Crippen LogP contribution in [0.4, 0.5) is 17.2 Å². The van der Waals surface area contributed by atoms with Gasteiger partial charge >= 0.3 is 0 Å². The zero-order chi connectivity index (χ0) is 17.2. The Morgan fingerprint density at radius 3 is 2.88 bits per heavy atom. The summed E-state index contributed by atoms with van der Waals surface area (Å²) in [6.45, 7) is 0.480. The molecule has 1 aromatic heterocycles. The van der Waals surface area contributed by atoms with Crippen LogP contribution in [0.5, 0.6) is 0 Å². The molecule has 2 aromatic rings. The summed E-state index contributed by atoms with van der Waals surface area (Å²) in [5.74, 6) is 1.01. The van der Waals surface area contributed by atoms with Gasteiger partial charge in [-0.3, -0.25) is 4.79 Å². The van der Waals surface area contributed by atoms with Crippen molar-refractivity contribution in [2.24, 2.45) is 5.92 Å². The van der Waals surface area contributed by atoms with Gasteiger partial charge in [0.15, 0.2) is 0 Å². The van der Waals surface area contributed by atoms with Crippen LogP contribution in [0.1, 0.15) is 43.2 Å². The Hall–Kier alpha value is -2.87. The van der Waals surface area contributed by atoms with Crippen molar-refractivity contribution >= 4 is 23.1 Å². The summed E-state index contributed by atoms with van der Waals surface area (Å²) in [5, 5.41) is 12.6. The molecule has 1 amide bonds. The van der Waals surface area contributed by atoms with Crippen molar-refractivity contribution in [1.29, 1.82) is 5.26 Å². The number of nitrogens with one attached hydrogen (secondary N) is 1. The first-order chi connectivity index (χ1) is 12.3. The van der Waals surface area contributed by atoms with Gasteiger partial charge in [0.1, 0.15) is 5.82 Å². The Balaban J connectivity index is 1.78. The lowest BCUT2D eigenvalue weighted by atomic mass is 9.88. The number of fused-ring (bicyclic) bond motifs is 2. The number of hydrogen-bond donors (Lipinski definition) is 1. The molecule has 4 rings (SSSR count). The SMILES string of the molecule is N#Cc1ccc2c(c1)N(C(=O)C1CCCCC1)Cc1cccnc1N2. The van der Waals surface area contributed by atoms with Crippen LogP contribution in [0.2, 0.25) is 0 Å². The minimum atomic E-state index is 0.0746. The Labute approximate surface area is 147 Å². The van der Waals surface area contributed by atoms with E-state index in [1.54, 1.807) is 18.3 Å². The van der Waals surface area contributed by atoms with Gasteiger partial charge in [0, 0.05) is 17.7 Å². The number of nitriles is 1. The predicted octanol–water partition coefficient (Wildman–Crippen LogP) is 4.12. The number of anilines is 3. The molecule has 0 saturated heterocycles. The van der Waals surface area contributed by atoms with Gasteiger partial charge in [-0.1, -0.05) is 25.3 Å². The molecule has 0 bridgehead atoms. The predicted molar refractivity (Wildman–Crippen MR) is 96.4 cm³/mol. The highest BCUT2D eigenvalue weighted by Gasteiger charge is 2.30. The van der Waals surface area contributed by atoms with Crippen LogP contribution < -0.4 is 10.2 Å². The number of hydrogen-bond acceptors (Lipinski definition) is 4. The molecule has 1 N–H and O–H groups in total. The second-order valence-corrected chi connectivity index (χ2v) is 6.74. The van der Waals surface area contributed by atoms with Crippen molar-refractivity contribution in [3.8, 4) is 6.07 Å². The number of rotatable bonds is 1. The first-order valence-electron chi connectivity index (χ1n) is 8.83. The van der Waals surface area contributed by atoms with Gasteiger partial charge in [-0.05, 0) is 37.1 Å². The van der Waals surface area contributed by atoms with Crippen LogP contribution in [-0.2, 0) is 11.3 Å². The van der Waals surface area contributed by atoms with Crippen molar-refractivity contribution in [3.63, 3.8) is 0 Å². The van der Waals surface area contributed by atoms with Gasteiger partial charge in [0.2, 0.25) is 5.91 Å². The summed E-state index contributed by atoms with van der Waals surface area (Å²) in [6, 6.07) is 11.5. The Morgan fingerprint density at radius 2 is 2.08 bits per heavy atom. The highest BCUT2D eigenvalue weighted by Crippen LogP contribution is 2.37. The molecule has 1 aromatic carbocycles. The summed E-state index contributed by atoms with van der Waals surface area (Å²) in [5.41, 5.74) is 3.13. The number of pyridine rings is 1. The second kappa shape index (κ2) is 6.56. The molecule has 0 unspecified atom stereocenters. The number of carbonyl (C=O) groups is 1. The molecule has 25 heavy (non-hydrogen) atoms. The summed E-state index contributed by atoms with van der Waals surface area (Å²) in [6.07, 6.45) is 7.10. The lowest BCUT2D eigenvalue weighted by Gasteiger charge is -2.29. The molecule has 0 atom stereocenters. The number of aromatic nitrogens is 1. The van der Waals surface area contributed by atoms with E-state index >= 15 is 0 Å². The fraction of sp³-hybridized carbons (Fsp3) is 0.350. The summed E-state index contributed by atoms with van der Waals surface area (Å²) in [7, 11) is 0. The van der Waals surface area contributed by atoms with Crippen LogP contribution in [0, 0.1) is 17.2 Å². The lowest BCUT2D eigenvalue weighted by molar-refractivity contribution is -0.123. The van der Waals surface area contributed by atoms with Gasteiger partial charge in [0.05, 0.1) is 29.6 Å². The van der Waals surface area contributed by atoms with E-state index in [1.165, 1.54) is 6.42 Å². The average Bonchev–Trinajstić information content (AvgIpc) is 2.84. The largest absolute Gasteiger partial charge is 0.338 e. The molecule has 1 saturated carbocycles. The molecule has 5 heteroatoms. The van der Waals surface area contributed by atoms with Gasteiger partial charge in [-0.2, -0.15) is 5.26 Å². The average molecular weight is 332 g/mol. The second-order valence-electron chi connectivity index (χ2n) is 6.74. The third kappa shape index (κ3) is 2.96. The van der Waals surface area contributed by atoms with E-state index in [0.29, 0.717) is 12.1 Å². The third-order valence-electron chi connectivity index (χ3n) is 5.11. The molecular formula is C20H20N4O. The Morgan fingerprint density at radius 1 is 1.24 bits per heavy atom. The molecule has 2 heterocycles. The monoisotopic (exact) mass is 332 g/mol. The maximum atomic E-state index is 13.3. The van der Waals surface area contributed by atoms with Crippen molar-refractivity contribution in [3.05, 3.63) is 47.7 Å². The molecule has 0 spiro atoms. The summed E-state index contributed by atoms with van der Waals surface area (Å²) in [4.78, 5) is 19.5. The number of amides is 1. The molecule has 1 aliphatic carbocycles. The van der Waals surface area contributed by atoms with Crippen molar-refractivity contribution in [2.45, 2.75) is 38.6 Å². The molecule has 126 valence electrons. The zero-order valence-electron chi connectivity index (χ0n) is 14.0. The normalized spacial score (nSPS) is 16.8. The molecule has 1 aliphatic heterocycles. The first-order valence-corrected chi connectivity index (χ1v) is 8.83. The number of carbonyl (C=O) groups excluding carboxylic acids is 1. The van der Waals surface area contributed by atoms with Crippen molar-refractivity contribution in [1.82, 2.24) is 4.98 Å². The van der Waals surface area contributed by atoms with Gasteiger partial charge in [0.25, 0.3) is 0 Å². The first kappa shape index (κ1) is 15.6. The maximum Gasteiger partial charge on any atom is 0.230 e. The third-order valence-corrected chi connectivity index (χ3v) is 5.11. The minimum absolute atomic E-state index is 0.0746. The summed E-state index contributed by atoms with van der Waals surface area (Å²) < 4.78 is 0. The molecular weight excluding hydrogens is 312 g/mol. The van der Waals surface area contributed by atoms with E-state index < -0.39 is 0 Å². The Kier molecular flexibility index (Phi) is 4.10. The van der Waals surface area contributed by atoms with Crippen LogP contribution in [0.25, 0.3) is 0 Å². The van der Waals surface area contributed by atoms with Gasteiger partial charge in [-0.15, -0.1) is 0 Å². The van der Waals surface area contributed by atoms with Gasteiger partial charge < -0.3 is 10.2 Å². The van der Waals surface area contributed by atoms with E-state index in [1.807, 2.05) is 23.1 Å². The fourth-order valence-electron chi connectivity index (χ4n) is 3.76. The molecule has 1 fully saturated rings. The number of benzene rings is 1. The fourth-order valence-corrected chi connectivity index (χ4v) is 3.76. The van der Waals surface area contributed by atoms with E-state index in [9.17, 15) is 10.1 Å². The van der Waals surface area contributed by atoms with Crippen LogP contribution in [0.3, 0.4) is 0 Å². The summed E-state index contributed by atoms with van der Waals surface area (Å²) >= 11 is 0. The van der Waals surface area contributed by atoms with E-state index in [0.717, 1.165) is 48.4 Å². The smallest absolute Gasteiger partial charge is 0.230 e. The topological polar surface area (TPSA) is 69.0 Å². The lowest BCUT2D eigenvalue weighted by Crippen LogP contribution is -2.36. The van der Waals surface area contributed by atoms with E-state index in [-0.39, 0.29) is 11.8 Å². The Bertz CT molecular complexity index is 849. The van der Waals surface area contributed by atoms with Crippen LogP contribution in [-0.4, -0.2) is 10.9 Å². The van der Waals surface area contributed by atoms with E-state index in [2.05, 4.69) is 16.4 Å². The zero-order valence-corrected chi connectivity index (χ0v) is 14.0. The molecule has 2 aliphatic rings. The quantitative estimate of drug-likeness (QED) is 0.853. The highest BCUT2D eigenvalue weighted by molar-refractivity contribution is 5.99. The van der Waals surface area contributed by atoms with Crippen LogP contribution in [0.15, 0.2) is 36.5 Å². The highest BCUT2D eigenvalue weighted by atomic mass is 16.2. The van der Waals surface area contributed by atoms with Crippen LogP contribution >= 0.6 is 0 Å². The van der Waals surface area contributed by atoms with E-state index in [4.69, 9.17) is 0 Å². The number of nitrogens with zero attached hydrogens (tertiary/aromatic N) is 3.